The summed E-state index contributed by atoms with van der Waals surface area (Å²) in [5, 5.41) is 4.54. The fraction of sp³-hybridized carbons (Fsp3) is 0.148. The van der Waals surface area contributed by atoms with E-state index in [4.69, 9.17) is 15.6 Å². The molecular weight excluding hydrogens is 471 g/mol. The minimum atomic E-state index is -0.380. The summed E-state index contributed by atoms with van der Waals surface area (Å²) in [5.74, 6) is 6.79. The number of para-hydroxylation sites is 2. The Morgan fingerprint density at radius 2 is 1.59 bits per heavy atom. The van der Waals surface area contributed by atoms with Crippen LogP contribution < -0.4 is 21.1 Å². The van der Waals surface area contributed by atoms with Crippen molar-refractivity contribution in [2.45, 2.75) is 0 Å². The second-order valence-corrected chi connectivity index (χ2v) is 8.58. The van der Waals surface area contributed by atoms with E-state index >= 15 is 0 Å². The van der Waals surface area contributed by atoms with Crippen LogP contribution in [0.15, 0.2) is 85.1 Å². The standard InChI is InChI=1S/C27H25FN8O/c28-22-8-4-5-9-23(22)31-27-32-24-18-30-26(33-25(24)35(27)20-6-2-1-3-7-20)36(29)21-12-10-19(11-13-21)34-14-16-37-17-15-34/h1-13,18H,14-17,29H2,(H,31,32). The molecule has 0 radical (unpaired) electrons. The van der Waals surface area contributed by atoms with Crippen molar-refractivity contribution in [3.05, 3.63) is 90.9 Å². The lowest BCUT2D eigenvalue weighted by Crippen LogP contribution is -2.36. The number of imidazole rings is 1. The van der Waals surface area contributed by atoms with E-state index in [9.17, 15) is 4.39 Å². The number of nitrogens with zero attached hydrogens (tertiary/aromatic N) is 6. The second kappa shape index (κ2) is 9.84. The summed E-state index contributed by atoms with van der Waals surface area (Å²) in [6, 6.07) is 24.0. The molecule has 1 aliphatic rings. The molecule has 3 N–H and O–H groups in total. The van der Waals surface area contributed by atoms with Crippen LogP contribution in [0.25, 0.3) is 16.9 Å². The molecule has 0 unspecified atom stereocenters. The molecule has 3 heterocycles. The molecule has 1 saturated heterocycles. The molecule has 0 amide bonds. The number of aromatic nitrogens is 4. The summed E-state index contributed by atoms with van der Waals surface area (Å²) in [6.45, 7) is 3.17. The van der Waals surface area contributed by atoms with Crippen LogP contribution in [-0.2, 0) is 4.74 Å². The number of hydrazine groups is 1. The highest BCUT2D eigenvalue weighted by Gasteiger charge is 2.19. The Balaban J connectivity index is 1.37. The van der Waals surface area contributed by atoms with Gasteiger partial charge in [-0.05, 0) is 48.5 Å². The summed E-state index contributed by atoms with van der Waals surface area (Å²) < 4.78 is 21.7. The Morgan fingerprint density at radius 1 is 0.865 bits per heavy atom. The molecule has 0 spiro atoms. The number of ether oxygens (including phenoxy) is 1. The minimum Gasteiger partial charge on any atom is -0.378 e. The summed E-state index contributed by atoms with van der Waals surface area (Å²) in [7, 11) is 0. The Kier molecular flexibility index (Phi) is 6.09. The van der Waals surface area contributed by atoms with E-state index in [0.29, 0.717) is 28.7 Å². The second-order valence-electron chi connectivity index (χ2n) is 8.58. The largest absolute Gasteiger partial charge is 0.378 e. The molecule has 0 bridgehead atoms. The number of halogens is 1. The van der Waals surface area contributed by atoms with Crippen molar-refractivity contribution in [2.75, 3.05) is 41.5 Å². The maximum absolute atomic E-state index is 14.4. The van der Waals surface area contributed by atoms with Gasteiger partial charge in [0.1, 0.15) is 11.3 Å². The van der Waals surface area contributed by atoms with Gasteiger partial charge < -0.3 is 15.0 Å². The molecule has 5 aromatic rings. The zero-order chi connectivity index (χ0) is 25.2. The van der Waals surface area contributed by atoms with Crippen LogP contribution in [0.5, 0.6) is 0 Å². The van der Waals surface area contributed by atoms with E-state index in [1.807, 2.05) is 59.2 Å². The normalized spacial score (nSPS) is 13.6. The number of hydrogen-bond donors (Lipinski definition) is 2. The summed E-state index contributed by atoms with van der Waals surface area (Å²) in [4.78, 5) is 16.1. The molecule has 186 valence electrons. The van der Waals surface area contributed by atoms with Gasteiger partial charge in [-0.15, -0.1) is 0 Å². The third-order valence-corrected chi connectivity index (χ3v) is 6.24. The van der Waals surface area contributed by atoms with Gasteiger partial charge in [-0.3, -0.25) is 4.57 Å². The van der Waals surface area contributed by atoms with E-state index in [1.54, 1.807) is 24.4 Å². The molecule has 2 aromatic heterocycles. The van der Waals surface area contributed by atoms with Crippen LogP contribution in [0.3, 0.4) is 0 Å². The van der Waals surface area contributed by atoms with Crippen molar-refractivity contribution in [2.24, 2.45) is 5.84 Å². The number of hydrogen-bond acceptors (Lipinski definition) is 8. The highest BCUT2D eigenvalue weighted by molar-refractivity contribution is 5.80. The van der Waals surface area contributed by atoms with Crippen molar-refractivity contribution in [3.63, 3.8) is 0 Å². The number of anilines is 5. The fourth-order valence-electron chi connectivity index (χ4n) is 4.33. The molecule has 3 aromatic carbocycles. The maximum Gasteiger partial charge on any atom is 0.246 e. The molecule has 37 heavy (non-hydrogen) atoms. The quantitative estimate of drug-likeness (QED) is 0.261. The summed E-state index contributed by atoms with van der Waals surface area (Å²) in [6.07, 6.45) is 1.62. The Labute approximate surface area is 212 Å². The zero-order valence-electron chi connectivity index (χ0n) is 20.0. The van der Waals surface area contributed by atoms with Crippen LogP contribution in [-0.4, -0.2) is 45.8 Å². The first kappa shape index (κ1) is 22.9. The van der Waals surface area contributed by atoms with Crippen molar-refractivity contribution in [1.82, 2.24) is 19.5 Å². The Morgan fingerprint density at radius 3 is 2.35 bits per heavy atom. The average molecular weight is 497 g/mol. The lowest BCUT2D eigenvalue weighted by Gasteiger charge is -2.29. The van der Waals surface area contributed by atoms with E-state index < -0.39 is 0 Å². The van der Waals surface area contributed by atoms with Crippen molar-refractivity contribution >= 4 is 40.1 Å². The summed E-state index contributed by atoms with van der Waals surface area (Å²) >= 11 is 0. The minimum absolute atomic E-state index is 0.307. The highest BCUT2D eigenvalue weighted by Crippen LogP contribution is 2.29. The Bertz CT molecular complexity index is 1520. The van der Waals surface area contributed by atoms with Gasteiger partial charge >= 0.3 is 0 Å². The molecule has 0 saturated carbocycles. The molecular formula is C27H25FN8O. The van der Waals surface area contributed by atoms with Crippen LogP contribution in [0, 0.1) is 5.82 Å². The molecule has 1 aliphatic heterocycles. The first-order valence-corrected chi connectivity index (χ1v) is 12.0. The van der Waals surface area contributed by atoms with E-state index in [2.05, 4.69) is 20.2 Å². The predicted molar refractivity (Wildman–Crippen MR) is 142 cm³/mol. The number of rotatable bonds is 6. The van der Waals surface area contributed by atoms with Gasteiger partial charge in [0.05, 0.1) is 36.5 Å². The predicted octanol–water partition coefficient (Wildman–Crippen LogP) is 4.55. The van der Waals surface area contributed by atoms with Gasteiger partial charge in [0.15, 0.2) is 5.65 Å². The maximum atomic E-state index is 14.4. The topological polar surface area (TPSA) is 97.4 Å². The SMILES string of the molecule is NN(c1ccc(N2CCOCC2)cc1)c1ncc2nc(Nc3ccccc3F)n(-c3ccccc3)c2n1. The lowest BCUT2D eigenvalue weighted by atomic mass is 10.2. The fourth-order valence-corrected chi connectivity index (χ4v) is 4.33. The highest BCUT2D eigenvalue weighted by atomic mass is 19.1. The first-order valence-electron chi connectivity index (χ1n) is 12.0. The van der Waals surface area contributed by atoms with E-state index in [-0.39, 0.29) is 5.82 Å². The smallest absolute Gasteiger partial charge is 0.246 e. The third-order valence-electron chi connectivity index (χ3n) is 6.24. The van der Waals surface area contributed by atoms with Gasteiger partial charge in [0.25, 0.3) is 0 Å². The van der Waals surface area contributed by atoms with Crippen LogP contribution in [0.1, 0.15) is 0 Å². The van der Waals surface area contributed by atoms with Gasteiger partial charge in [-0.1, -0.05) is 30.3 Å². The number of benzene rings is 3. The molecule has 1 fully saturated rings. The van der Waals surface area contributed by atoms with Crippen LogP contribution >= 0.6 is 0 Å². The first-order chi connectivity index (χ1) is 18.2. The van der Waals surface area contributed by atoms with Gasteiger partial charge in [-0.2, -0.15) is 4.98 Å². The molecule has 6 rings (SSSR count). The van der Waals surface area contributed by atoms with Crippen LogP contribution in [0.4, 0.5) is 33.3 Å². The number of fused-ring (bicyclic) bond motifs is 1. The average Bonchev–Trinajstić information content (AvgIpc) is 3.32. The van der Waals surface area contributed by atoms with Gasteiger partial charge in [-0.25, -0.2) is 25.2 Å². The monoisotopic (exact) mass is 496 g/mol. The van der Waals surface area contributed by atoms with Crippen molar-refractivity contribution in [3.8, 4) is 5.69 Å². The van der Waals surface area contributed by atoms with Crippen molar-refractivity contribution < 1.29 is 9.13 Å². The number of morpholine rings is 1. The van der Waals surface area contributed by atoms with Gasteiger partial charge in [0, 0.05) is 18.8 Å². The third kappa shape index (κ3) is 4.55. The van der Waals surface area contributed by atoms with E-state index in [1.165, 1.54) is 11.1 Å². The Hall–Kier alpha value is -4.54. The van der Waals surface area contributed by atoms with Crippen molar-refractivity contribution in [1.29, 1.82) is 0 Å². The molecule has 10 heteroatoms. The van der Waals surface area contributed by atoms with Crippen LogP contribution in [0.2, 0.25) is 0 Å². The summed E-state index contributed by atoms with van der Waals surface area (Å²) in [5.41, 5.74) is 4.06. The number of nitrogens with one attached hydrogen (secondary N) is 1. The molecule has 0 aliphatic carbocycles. The lowest BCUT2D eigenvalue weighted by molar-refractivity contribution is 0.122. The zero-order valence-corrected chi connectivity index (χ0v) is 20.0. The number of nitrogens with two attached hydrogens (primary N) is 1. The molecule has 0 atom stereocenters. The molecule has 9 nitrogen and oxygen atoms in total. The van der Waals surface area contributed by atoms with E-state index in [0.717, 1.165) is 43.4 Å². The van der Waals surface area contributed by atoms with Gasteiger partial charge in [0.2, 0.25) is 11.9 Å².